The highest BCUT2D eigenvalue weighted by Crippen LogP contribution is 2.45. The van der Waals surface area contributed by atoms with Gasteiger partial charge in [-0.15, -0.1) is 13.2 Å². The third-order valence-electron chi connectivity index (χ3n) is 2.35. The molecule has 0 bridgehead atoms. The Labute approximate surface area is 102 Å². The second-order valence-electron chi connectivity index (χ2n) is 4.07. The number of hydrazone groups is 1. The lowest BCUT2D eigenvalue weighted by Crippen LogP contribution is -2.62. The molecule has 1 atom stereocenters. The van der Waals surface area contributed by atoms with Crippen LogP contribution in [0.3, 0.4) is 0 Å². The van der Waals surface area contributed by atoms with Gasteiger partial charge < -0.3 is 0 Å². The third kappa shape index (κ3) is 2.68. The second-order valence-corrected chi connectivity index (χ2v) is 4.07. The van der Waals surface area contributed by atoms with E-state index in [0.29, 0.717) is 0 Å². The van der Waals surface area contributed by atoms with Crippen LogP contribution in [0.5, 0.6) is 0 Å². The van der Waals surface area contributed by atoms with E-state index in [1.165, 1.54) is 0 Å². The van der Waals surface area contributed by atoms with Gasteiger partial charge in [0.1, 0.15) is 6.34 Å². The van der Waals surface area contributed by atoms with Gasteiger partial charge >= 0.3 is 18.4 Å². The zero-order valence-electron chi connectivity index (χ0n) is 9.60. The molecule has 19 heavy (non-hydrogen) atoms. The maximum atomic E-state index is 13.2. The standard InChI is InChI=1S/C8H9F8N3/c1-4(2)19-5(6(9,10)7(11,12)13)18(3-17-19)8(14,15)16/h3-5H,1-2H3. The molecule has 0 saturated carbocycles. The predicted molar refractivity (Wildman–Crippen MR) is 48.2 cm³/mol. The Kier molecular flexibility index (Phi) is 3.63. The van der Waals surface area contributed by atoms with E-state index in [9.17, 15) is 35.1 Å². The van der Waals surface area contributed by atoms with Crippen LogP contribution in [-0.4, -0.2) is 46.9 Å². The Morgan fingerprint density at radius 3 is 1.79 bits per heavy atom. The molecule has 0 aliphatic carbocycles. The summed E-state index contributed by atoms with van der Waals surface area (Å²) in [7, 11) is 0. The Bertz CT molecular complexity index is 358. The molecule has 0 radical (unpaired) electrons. The summed E-state index contributed by atoms with van der Waals surface area (Å²) in [4.78, 5) is -1.06. The fraction of sp³-hybridized carbons (Fsp3) is 0.875. The van der Waals surface area contributed by atoms with Crippen molar-refractivity contribution >= 4 is 6.34 Å². The third-order valence-corrected chi connectivity index (χ3v) is 2.35. The molecule has 0 amide bonds. The monoisotopic (exact) mass is 299 g/mol. The molecule has 0 spiro atoms. The van der Waals surface area contributed by atoms with E-state index in [0.717, 1.165) is 13.8 Å². The van der Waals surface area contributed by atoms with E-state index in [2.05, 4.69) is 5.10 Å². The van der Waals surface area contributed by atoms with Gasteiger partial charge in [-0.1, -0.05) is 0 Å². The topological polar surface area (TPSA) is 18.8 Å². The molecular formula is C8H9F8N3. The lowest BCUT2D eigenvalue weighted by atomic mass is 10.2. The van der Waals surface area contributed by atoms with Crippen molar-refractivity contribution in [3.05, 3.63) is 0 Å². The Balaban J connectivity index is 3.23. The highest BCUT2D eigenvalue weighted by Gasteiger charge is 2.69. The van der Waals surface area contributed by atoms with Gasteiger partial charge in [0, 0.05) is 6.04 Å². The van der Waals surface area contributed by atoms with Crippen LogP contribution >= 0.6 is 0 Å². The van der Waals surface area contributed by atoms with Crippen LogP contribution in [0.4, 0.5) is 35.1 Å². The summed E-state index contributed by atoms with van der Waals surface area (Å²) < 4.78 is 101. The van der Waals surface area contributed by atoms with Crippen LogP contribution in [0, 0.1) is 0 Å². The van der Waals surface area contributed by atoms with E-state index < -0.39 is 35.5 Å². The molecular weight excluding hydrogens is 290 g/mol. The average Bonchev–Trinajstić information content (AvgIpc) is 2.58. The van der Waals surface area contributed by atoms with Gasteiger partial charge in [0.05, 0.1) is 0 Å². The number of hydrogen-bond donors (Lipinski definition) is 0. The summed E-state index contributed by atoms with van der Waals surface area (Å²) in [5, 5.41) is 3.05. The van der Waals surface area contributed by atoms with Gasteiger partial charge in [-0.05, 0) is 13.8 Å². The molecule has 1 rings (SSSR count). The minimum Gasteiger partial charge on any atom is -0.264 e. The fourth-order valence-electron chi connectivity index (χ4n) is 1.48. The van der Waals surface area contributed by atoms with Gasteiger partial charge in [-0.25, -0.2) is 4.90 Å². The smallest absolute Gasteiger partial charge is 0.264 e. The van der Waals surface area contributed by atoms with Crippen LogP contribution in [-0.2, 0) is 0 Å². The summed E-state index contributed by atoms with van der Waals surface area (Å²) in [6.07, 6.45) is -14.9. The van der Waals surface area contributed by atoms with Gasteiger partial charge in [0.15, 0.2) is 6.17 Å². The highest BCUT2D eigenvalue weighted by atomic mass is 19.4. The largest absolute Gasteiger partial charge is 0.487 e. The lowest BCUT2D eigenvalue weighted by molar-refractivity contribution is -0.342. The number of hydrogen-bond acceptors (Lipinski definition) is 3. The summed E-state index contributed by atoms with van der Waals surface area (Å²) in [6.45, 7) is 2.30. The van der Waals surface area contributed by atoms with Gasteiger partial charge in [0.25, 0.3) is 0 Å². The van der Waals surface area contributed by atoms with Crippen molar-refractivity contribution in [2.75, 3.05) is 0 Å². The van der Waals surface area contributed by atoms with Crippen LogP contribution in [0.15, 0.2) is 5.10 Å². The quantitative estimate of drug-likeness (QED) is 0.576. The number of alkyl halides is 8. The first-order chi connectivity index (χ1) is 8.30. The van der Waals surface area contributed by atoms with E-state index in [1.54, 1.807) is 0 Å². The van der Waals surface area contributed by atoms with Crippen LogP contribution in [0.1, 0.15) is 13.8 Å². The van der Waals surface area contributed by atoms with E-state index in [-0.39, 0.29) is 11.3 Å². The number of halogens is 8. The molecule has 0 aromatic rings. The Morgan fingerprint density at radius 1 is 1.00 bits per heavy atom. The van der Waals surface area contributed by atoms with E-state index in [4.69, 9.17) is 0 Å². The molecule has 1 unspecified atom stereocenters. The van der Waals surface area contributed by atoms with Crippen molar-refractivity contribution in [1.82, 2.24) is 9.91 Å². The maximum Gasteiger partial charge on any atom is 0.487 e. The highest BCUT2D eigenvalue weighted by molar-refractivity contribution is 5.58. The van der Waals surface area contributed by atoms with Crippen molar-refractivity contribution in [2.24, 2.45) is 5.10 Å². The minimum atomic E-state index is -6.12. The van der Waals surface area contributed by atoms with Crippen molar-refractivity contribution in [3.63, 3.8) is 0 Å². The Hall–Kier alpha value is -1.29. The van der Waals surface area contributed by atoms with E-state index in [1.807, 2.05) is 0 Å². The van der Waals surface area contributed by atoms with Crippen molar-refractivity contribution in [1.29, 1.82) is 0 Å². The summed E-state index contributed by atoms with van der Waals surface area (Å²) >= 11 is 0. The molecule has 112 valence electrons. The normalized spacial score (nSPS) is 21.7. The zero-order valence-corrected chi connectivity index (χ0v) is 9.60. The molecule has 1 heterocycles. The molecule has 0 aromatic heterocycles. The molecule has 0 saturated heterocycles. The molecule has 1 aliphatic heterocycles. The Morgan fingerprint density at radius 2 is 1.47 bits per heavy atom. The SMILES string of the molecule is CC(C)N1N=CN(C(F)(F)F)C1C(F)(F)C(F)(F)F. The summed E-state index contributed by atoms with van der Waals surface area (Å²) in [5.41, 5.74) is 0. The molecule has 0 fully saturated rings. The molecule has 3 nitrogen and oxygen atoms in total. The first-order valence-corrected chi connectivity index (χ1v) is 4.92. The maximum absolute atomic E-state index is 13.2. The van der Waals surface area contributed by atoms with Crippen molar-refractivity contribution in [3.8, 4) is 0 Å². The zero-order chi connectivity index (χ0) is 15.2. The fourth-order valence-corrected chi connectivity index (χ4v) is 1.48. The summed E-state index contributed by atoms with van der Waals surface area (Å²) in [6, 6.07) is -1.07. The number of nitrogens with zero attached hydrogens (tertiary/aromatic N) is 3. The molecule has 1 aliphatic rings. The van der Waals surface area contributed by atoms with E-state index >= 15 is 0 Å². The predicted octanol–water partition coefficient (Wildman–Crippen LogP) is 3.00. The van der Waals surface area contributed by atoms with Crippen LogP contribution in [0.25, 0.3) is 0 Å². The second kappa shape index (κ2) is 4.37. The van der Waals surface area contributed by atoms with Crippen molar-refractivity contribution in [2.45, 2.75) is 44.5 Å². The first-order valence-electron chi connectivity index (χ1n) is 4.92. The lowest BCUT2D eigenvalue weighted by Gasteiger charge is -2.38. The average molecular weight is 299 g/mol. The molecule has 11 heteroatoms. The van der Waals surface area contributed by atoms with Crippen molar-refractivity contribution < 1.29 is 35.1 Å². The molecule has 0 aromatic carbocycles. The van der Waals surface area contributed by atoms with Gasteiger partial charge in [-0.3, -0.25) is 5.01 Å². The van der Waals surface area contributed by atoms with Gasteiger partial charge in [-0.2, -0.15) is 27.1 Å². The number of rotatable bonds is 2. The van der Waals surface area contributed by atoms with Crippen LogP contribution in [0.2, 0.25) is 0 Å². The summed E-state index contributed by atoms with van der Waals surface area (Å²) in [5.74, 6) is -5.59. The van der Waals surface area contributed by atoms with Crippen LogP contribution < -0.4 is 0 Å². The van der Waals surface area contributed by atoms with Gasteiger partial charge in [0.2, 0.25) is 0 Å². The minimum absolute atomic E-state index is 0.0704. The first kappa shape index (κ1) is 15.8. The molecule has 0 N–H and O–H groups in total.